The third-order valence-electron chi connectivity index (χ3n) is 3.05. The van der Waals surface area contributed by atoms with Crippen LogP contribution in [0, 0.1) is 5.82 Å². The second kappa shape index (κ2) is 6.38. The maximum Gasteiger partial charge on any atom is 0.123 e. The van der Waals surface area contributed by atoms with Gasteiger partial charge in [-0.15, -0.1) is 0 Å². The van der Waals surface area contributed by atoms with Crippen molar-refractivity contribution in [3.8, 4) is 11.1 Å². The van der Waals surface area contributed by atoms with Crippen molar-refractivity contribution in [2.75, 3.05) is 6.54 Å². The topological polar surface area (TPSA) is 37.8 Å². The van der Waals surface area contributed by atoms with Crippen LogP contribution in [0.3, 0.4) is 0 Å². The molecule has 0 saturated carbocycles. The molecule has 19 heavy (non-hydrogen) atoms. The Morgan fingerprint density at radius 2 is 2.00 bits per heavy atom. The summed E-state index contributed by atoms with van der Waals surface area (Å²) < 4.78 is 13.5. The highest BCUT2D eigenvalue weighted by atomic mass is 19.1. The van der Waals surface area contributed by atoms with Crippen LogP contribution in [0.2, 0.25) is 0 Å². The van der Waals surface area contributed by atoms with Gasteiger partial charge in [0.2, 0.25) is 0 Å². The minimum absolute atomic E-state index is 0.163. The maximum atomic E-state index is 13.5. The summed E-state index contributed by atoms with van der Waals surface area (Å²) in [5.41, 5.74) is 2.74. The summed E-state index contributed by atoms with van der Waals surface area (Å²) >= 11 is 0. The van der Waals surface area contributed by atoms with Crippen molar-refractivity contribution in [2.45, 2.75) is 26.3 Å². The average molecular weight is 259 g/mol. The van der Waals surface area contributed by atoms with Crippen molar-refractivity contribution >= 4 is 0 Å². The third kappa shape index (κ3) is 3.35. The van der Waals surface area contributed by atoms with Gasteiger partial charge >= 0.3 is 0 Å². The van der Waals surface area contributed by atoms with Crippen molar-refractivity contribution in [2.24, 2.45) is 0 Å². The number of hydrogen-bond donors (Lipinski definition) is 1. The van der Waals surface area contributed by atoms with Crippen LogP contribution < -0.4 is 5.32 Å². The van der Waals surface area contributed by atoms with Gasteiger partial charge in [0.1, 0.15) is 12.1 Å². The Morgan fingerprint density at radius 1 is 1.26 bits per heavy atom. The van der Waals surface area contributed by atoms with Gasteiger partial charge in [-0.3, -0.25) is 0 Å². The molecule has 2 rings (SSSR count). The van der Waals surface area contributed by atoms with Crippen LogP contribution in [0.4, 0.5) is 4.39 Å². The quantitative estimate of drug-likeness (QED) is 0.894. The molecule has 100 valence electrons. The van der Waals surface area contributed by atoms with Crippen LogP contribution in [0.15, 0.2) is 36.9 Å². The number of rotatable bonds is 5. The minimum atomic E-state index is -0.245. The lowest BCUT2D eigenvalue weighted by atomic mass is 9.97. The molecule has 1 aromatic carbocycles. The Kier molecular flexibility index (Phi) is 4.58. The molecule has 0 radical (unpaired) electrons. The first-order chi connectivity index (χ1) is 9.22. The molecule has 4 heteroatoms. The first-order valence-electron chi connectivity index (χ1n) is 6.50. The maximum absolute atomic E-state index is 13.5. The van der Waals surface area contributed by atoms with E-state index in [4.69, 9.17) is 0 Å². The Labute approximate surface area is 112 Å². The SMILES string of the molecule is CCCNC(C)c1ccc(F)cc1-c1cncnc1. The zero-order valence-electron chi connectivity index (χ0n) is 11.2. The first kappa shape index (κ1) is 13.6. The fourth-order valence-electron chi connectivity index (χ4n) is 2.07. The summed E-state index contributed by atoms with van der Waals surface area (Å²) in [4.78, 5) is 8.00. The van der Waals surface area contributed by atoms with Gasteiger partial charge in [0.15, 0.2) is 0 Å². The zero-order valence-corrected chi connectivity index (χ0v) is 11.2. The fraction of sp³-hybridized carbons (Fsp3) is 0.333. The summed E-state index contributed by atoms with van der Waals surface area (Å²) in [6.07, 6.45) is 5.95. The minimum Gasteiger partial charge on any atom is -0.310 e. The second-order valence-electron chi connectivity index (χ2n) is 4.53. The lowest BCUT2D eigenvalue weighted by Crippen LogP contribution is -2.20. The standard InChI is InChI=1S/C15H18FN3/c1-3-6-19-11(2)14-5-4-13(16)7-15(14)12-8-17-10-18-9-12/h4-5,7-11,19H,3,6H2,1-2H3. The van der Waals surface area contributed by atoms with E-state index in [2.05, 4.69) is 29.1 Å². The molecule has 1 aromatic heterocycles. The smallest absolute Gasteiger partial charge is 0.123 e. The van der Waals surface area contributed by atoms with Gasteiger partial charge < -0.3 is 5.32 Å². The average Bonchev–Trinajstić information content (AvgIpc) is 2.45. The molecule has 0 bridgehead atoms. The second-order valence-corrected chi connectivity index (χ2v) is 4.53. The highest BCUT2D eigenvalue weighted by molar-refractivity contribution is 5.66. The lowest BCUT2D eigenvalue weighted by molar-refractivity contribution is 0.569. The van der Waals surface area contributed by atoms with Crippen LogP contribution in [-0.2, 0) is 0 Å². The molecule has 0 saturated heterocycles. The van der Waals surface area contributed by atoms with E-state index >= 15 is 0 Å². The van der Waals surface area contributed by atoms with E-state index in [1.165, 1.54) is 18.5 Å². The van der Waals surface area contributed by atoms with Crippen LogP contribution in [0.25, 0.3) is 11.1 Å². The molecule has 0 aliphatic heterocycles. The van der Waals surface area contributed by atoms with E-state index in [0.29, 0.717) is 0 Å². The van der Waals surface area contributed by atoms with Crippen molar-refractivity contribution < 1.29 is 4.39 Å². The molecular weight excluding hydrogens is 241 g/mol. The summed E-state index contributed by atoms with van der Waals surface area (Å²) in [5, 5.41) is 3.41. The molecule has 0 fully saturated rings. The molecule has 2 aromatic rings. The van der Waals surface area contributed by atoms with Gasteiger partial charge in [-0.25, -0.2) is 14.4 Å². The Balaban J connectivity index is 2.38. The summed E-state index contributed by atoms with van der Waals surface area (Å²) in [6, 6.07) is 5.02. The van der Waals surface area contributed by atoms with Gasteiger partial charge in [-0.1, -0.05) is 13.0 Å². The number of aromatic nitrogens is 2. The number of nitrogens with one attached hydrogen (secondary N) is 1. The molecule has 0 spiro atoms. The van der Waals surface area contributed by atoms with Gasteiger partial charge in [0, 0.05) is 24.0 Å². The number of benzene rings is 1. The van der Waals surface area contributed by atoms with E-state index in [0.717, 1.165) is 29.7 Å². The summed E-state index contributed by atoms with van der Waals surface area (Å²) in [5.74, 6) is -0.245. The van der Waals surface area contributed by atoms with Crippen molar-refractivity contribution in [1.29, 1.82) is 0 Å². The van der Waals surface area contributed by atoms with E-state index < -0.39 is 0 Å². The largest absolute Gasteiger partial charge is 0.310 e. The molecule has 1 unspecified atom stereocenters. The zero-order chi connectivity index (χ0) is 13.7. The molecule has 0 aliphatic rings. The number of hydrogen-bond acceptors (Lipinski definition) is 3. The molecular formula is C15H18FN3. The molecule has 1 atom stereocenters. The van der Waals surface area contributed by atoms with Crippen molar-refractivity contribution in [3.63, 3.8) is 0 Å². The first-order valence-corrected chi connectivity index (χ1v) is 6.50. The monoisotopic (exact) mass is 259 g/mol. The van der Waals surface area contributed by atoms with Gasteiger partial charge in [0.05, 0.1) is 0 Å². The molecule has 3 nitrogen and oxygen atoms in total. The van der Waals surface area contributed by atoms with Gasteiger partial charge in [-0.2, -0.15) is 0 Å². The molecule has 0 aliphatic carbocycles. The van der Waals surface area contributed by atoms with E-state index in [1.54, 1.807) is 12.4 Å². The highest BCUT2D eigenvalue weighted by Crippen LogP contribution is 2.28. The predicted octanol–water partition coefficient (Wildman–Crippen LogP) is 3.34. The highest BCUT2D eigenvalue weighted by Gasteiger charge is 2.12. The van der Waals surface area contributed by atoms with Crippen LogP contribution in [0.1, 0.15) is 31.9 Å². The van der Waals surface area contributed by atoms with Crippen molar-refractivity contribution in [3.05, 3.63) is 48.3 Å². The Bertz CT molecular complexity index is 528. The predicted molar refractivity (Wildman–Crippen MR) is 74.1 cm³/mol. The van der Waals surface area contributed by atoms with Crippen LogP contribution in [0.5, 0.6) is 0 Å². The summed E-state index contributed by atoms with van der Waals surface area (Å²) in [7, 11) is 0. The Morgan fingerprint density at radius 3 is 2.68 bits per heavy atom. The van der Waals surface area contributed by atoms with E-state index in [1.807, 2.05) is 6.07 Å². The third-order valence-corrected chi connectivity index (χ3v) is 3.05. The van der Waals surface area contributed by atoms with E-state index in [-0.39, 0.29) is 11.9 Å². The van der Waals surface area contributed by atoms with Crippen LogP contribution >= 0.6 is 0 Å². The van der Waals surface area contributed by atoms with Gasteiger partial charge in [-0.05, 0) is 43.1 Å². The molecule has 1 heterocycles. The summed E-state index contributed by atoms with van der Waals surface area (Å²) in [6.45, 7) is 5.13. The Hall–Kier alpha value is -1.81. The lowest BCUT2D eigenvalue weighted by Gasteiger charge is -2.17. The van der Waals surface area contributed by atoms with E-state index in [9.17, 15) is 4.39 Å². The number of halogens is 1. The van der Waals surface area contributed by atoms with Gasteiger partial charge in [0.25, 0.3) is 0 Å². The fourth-order valence-corrected chi connectivity index (χ4v) is 2.07. The van der Waals surface area contributed by atoms with Crippen LogP contribution in [-0.4, -0.2) is 16.5 Å². The normalized spacial score (nSPS) is 12.4. The molecule has 1 N–H and O–H groups in total. The van der Waals surface area contributed by atoms with Crippen molar-refractivity contribution in [1.82, 2.24) is 15.3 Å². The number of nitrogens with zero attached hydrogens (tertiary/aromatic N) is 2. The molecule has 0 amide bonds.